The van der Waals surface area contributed by atoms with E-state index in [2.05, 4.69) is 9.97 Å². The molecule has 6 nitrogen and oxygen atoms in total. The molecule has 2 aromatic heterocycles. The Balaban J connectivity index is 1.65. The number of aromatic nitrogens is 2. The van der Waals surface area contributed by atoms with Crippen molar-refractivity contribution < 1.29 is 9.53 Å². The number of amides is 1. The largest absolute Gasteiger partial charge is 0.485 e. The molecule has 7 heteroatoms. The van der Waals surface area contributed by atoms with Gasteiger partial charge in [0.1, 0.15) is 11.8 Å². The SMILES string of the molecule is CN(C)c1ncccc1O[C@@H]1CCN(C(=O)c2cc(Cl)c[nH]2)C1. The molecule has 1 aliphatic rings. The molecule has 1 amide bonds. The lowest BCUT2D eigenvalue weighted by atomic mass is 10.3. The highest BCUT2D eigenvalue weighted by Gasteiger charge is 2.29. The fourth-order valence-electron chi connectivity index (χ4n) is 2.66. The van der Waals surface area contributed by atoms with Crippen molar-refractivity contribution in [2.45, 2.75) is 12.5 Å². The van der Waals surface area contributed by atoms with E-state index in [1.165, 1.54) is 0 Å². The number of nitrogens with one attached hydrogen (secondary N) is 1. The van der Waals surface area contributed by atoms with E-state index in [1.54, 1.807) is 23.4 Å². The maximum absolute atomic E-state index is 12.4. The number of anilines is 1. The van der Waals surface area contributed by atoms with Crippen LogP contribution >= 0.6 is 11.6 Å². The lowest BCUT2D eigenvalue weighted by Gasteiger charge is -2.20. The molecule has 1 atom stereocenters. The van der Waals surface area contributed by atoms with Crippen molar-refractivity contribution in [1.82, 2.24) is 14.9 Å². The normalized spacial score (nSPS) is 17.3. The molecule has 0 bridgehead atoms. The number of halogens is 1. The number of carbonyl (C=O) groups is 1. The molecule has 0 saturated carbocycles. The van der Waals surface area contributed by atoms with Crippen LogP contribution < -0.4 is 9.64 Å². The van der Waals surface area contributed by atoms with Crippen LogP contribution in [0.5, 0.6) is 5.75 Å². The summed E-state index contributed by atoms with van der Waals surface area (Å²) in [5.74, 6) is 1.47. The van der Waals surface area contributed by atoms with Crippen molar-refractivity contribution in [2.75, 3.05) is 32.1 Å². The van der Waals surface area contributed by atoms with Crippen molar-refractivity contribution in [2.24, 2.45) is 0 Å². The second kappa shape index (κ2) is 6.50. The van der Waals surface area contributed by atoms with Gasteiger partial charge in [-0.3, -0.25) is 4.79 Å². The smallest absolute Gasteiger partial charge is 0.270 e. The maximum Gasteiger partial charge on any atom is 0.270 e. The highest BCUT2D eigenvalue weighted by molar-refractivity contribution is 6.30. The first kappa shape index (κ1) is 15.7. The molecule has 2 aromatic rings. The maximum atomic E-state index is 12.4. The minimum absolute atomic E-state index is 0.0349. The molecule has 0 aliphatic carbocycles. The third kappa shape index (κ3) is 3.42. The first-order valence-electron chi connectivity index (χ1n) is 7.47. The fraction of sp³-hybridized carbons (Fsp3) is 0.375. The van der Waals surface area contributed by atoms with Crippen LogP contribution in [0, 0.1) is 0 Å². The summed E-state index contributed by atoms with van der Waals surface area (Å²) >= 11 is 5.86. The molecule has 23 heavy (non-hydrogen) atoms. The van der Waals surface area contributed by atoms with Gasteiger partial charge in [0.15, 0.2) is 11.6 Å². The summed E-state index contributed by atoms with van der Waals surface area (Å²) in [6.07, 6.45) is 4.11. The minimum atomic E-state index is -0.0537. The molecule has 1 aliphatic heterocycles. The van der Waals surface area contributed by atoms with Gasteiger partial charge < -0.3 is 19.5 Å². The van der Waals surface area contributed by atoms with Gasteiger partial charge in [0.05, 0.1) is 11.6 Å². The first-order valence-corrected chi connectivity index (χ1v) is 7.84. The number of nitrogens with zero attached hydrogens (tertiary/aromatic N) is 3. The number of hydrogen-bond donors (Lipinski definition) is 1. The Morgan fingerprint density at radius 3 is 3.04 bits per heavy atom. The summed E-state index contributed by atoms with van der Waals surface area (Å²) in [5.41, 5.74) is 0.506. The highest BCUT2D eigenvalue weighted by Crippen LogP contribution is 2.27. The zero-order chi connectivity index (χ0) is 16.4. The third-order valence-electron chi connectivity index (χ3n) is 3.78. The zero-order valence-corrected chi connectivity index (χ0v) is 13.9. The van der Waals surface area contributed by atoms with E-state index in [0.29, 0.717) is 23.8 Å². The molecule has 122 valence electrons. The molecule has 1 saturated heterocycles. The van der Waals surface area contributed by atoms with Gasteiger partial charge in [0, 0.05) is 39.5 Å². The van der Waals surface area contributed by atoms with Gasteiger partial charge in [-0.15, -0.1) is 0 Å². The van der Waals surface area contributed by atoms with E-state index in [9.17, 15) is 4.79 Å². The van der Waals surface area contributed by atoms with E-state index < -0.39 is 0 Å². The quantitative estimate of drug-likeness (QED) is 0.932. The van der Waals surface area contributed by atoms with Crippen LogP contribution in [0.25, 0.3) is 0 Å². The molecule has 3 heterocycles. The van der Waals surface area contributed by atoms with Crippen molar-refractivity contribution in [3.63, 3.8) is 0 Å². The first-order chi connectivity index (χ1) is 11.0. The molecule has 0 aromatic carbocycles. The number of H-pyrrole nitrogens is 1. The number of carbonyl (C=O) groups excluding carboxylic acids is 1. The molecule has 0 unspecified atom stereocenters. The molecular formula is C16H19ClN4O2. The average molecular weight is 335 g/mol. The second-order valence-corrected chi connectivity index (χ2v) is 6.17. The van der Waals surface area contributed by atoms with Gasteiger partial charge in [-0.05, 0) is 18.2 Å². The van der Waals surface area contributed by atoms with Crippen LogP contribution in [0.2, 0.25) is 5.02 Å². The van der Waals surface area contributed by atoms with Crippen LogP contribution in [0.3, 0.4) is 0 Å². The van der Waals surface area contributed by atoms with Crippen LogP contribution in [-0.4, -0.2) is 54.1 Å². The predicted molar refractivity (Wildman–Crippen MR) is 89.3 cm³/mol. The summed E-state index contributed by atoms with van der Waals surface area (Å²) in [6, 6.07) is 5.39. The zero-order valence-electron chi connectivity index (χ0n) is 13.1. The summed E-state index contributed by atoms with van der Waals surface area (Å²) in [5, 5.41) is 0.534. The molecule has 1 fully saturated rings. The van der Waals surface area contributed by atoms with Gasteiger partial charge in [-0.2, -0.15) is 0 Å². The summed E-state index contributed by atoms with van der Waals surface area (Å²) in [6.45, 7) is 1.22. The van der Waals surface area contributed by atoms with Crippen LogP contribution in [0.1, 0.15) is 16.9 Å². The number of ether oxygens (including phenoxy) is 1. The number of likely N-dealkylation sites (tertiary alicyclic amines) is 1. The van der Waals surface area contributed by atoms with Crippen molar-refractivity contribution in [1.29, 1.82) is 0 Å². The predicted octanol–water partition coefficient (Wildman–Crippen LogP) is 2.42. The molecule has 0 radical (unpaired) electrons. The van der Waals surface area contributed by atoms with Crippen molar-refractivity contribution >= 4 is 23.3 Å². The Bertz CT molecular complexity index is 701. The Morgan fingerprint density at radius 2 is 2.35 bits per heavy atom. The van der Waals surface area contributed by atoms with Gasteiger partial charge in [0.25, 0.3) is 5.91 Å². The summed E-state index contributed by atoms with van der Waals surface area (Å²) in [7, 11) is 3.85. The van der Waals surface area contributed by atoms with Gasteiger partial charge >= 0.3 is 0 Å². The van der Waals surface area contributed by atoms with Gasteiger partial charge in [0.2, 0.25) is 0 Å². The average Bonchev–Trinajstić information content (AvgIpc) is 3.16. The van der Waals surface area contributed by atoms with E-state index >= 15 is 0 Å². The lowest BCUT2D eigenvalue weighted by molar-refractivity contribution is 0.0767. The van der Waals surface area contributed by atoms with E-state index in [4.69, 9.17) is 16.3 Å². The topological polar surface area (TPSA) is 61.5 Å². The Hall–Kier alpha value is -2.21. The Morgan fingerprint density at radius 1 is 1.52 bits per heavy atom. The van der Waals surface area contributed by atoms with Gasteiger partial charge in [-0.25, -0.2) is 4.98 Å². The van der Waals surface area contributed by atoms with E-state index in [0.717, 1.165) is 18.0 Å². The van der Waals surface area contributed by atoms with Crippen LogP contribution in [-0.2, 0) is 0 Å². The molecular weight excluding hydrogens is 316 g/mol. The lowest BCUT2D eigenvalue weighted by Crippen LogP contribution is -2.31. The Kier molecular flexibility index (Phi) is 4.43. The number of pyridine rings is 1. The van der Waals surface area contributed by atoms with Crippen molar-refractivity contribution in [3.8, 4) is 5.75 Å². The van der Waals surface area contributed by atoms with Gasteiger partial charge in [-0.1, -0.05) is 11.6 Å². The van der Waals surface area contributed by atoms with Crippen molar-refractivity contribution in [3.05, 3.63) is 41.3 Å². The molecule has 0 spiro atoms. The summed E-state index contributed by atoms with van der Waals surface area (Å²) in [4.78, 5) is 23.3. The second-order valence-electron chi connectivity index (χ2n) is 5.73. The van der Waals surface area contributed by atoms with E-state index in [1.807, 2.05) is 31.1 Å². The van der Waals surface area contributed by atoms with E-state index in [-0.39, 0.29) is 12.0 Å². The van der Waals surface area contributed by atoms with Crippen LogP contribution in [0.4, 0.5) is 5.82 Å². The summed E-state index contributed by atoms with van der Waals surface area (Å²) < 4.78 is 6.05. The minimum Gasteiger partial charge on any atom is -0.485 e. The fourth-order valence-corrected chi connectivity index (χ4v) is 2.82. The van der Waals surface area contributed by atoms with Crippen LogP contribution in [0.15, 0.2) is 30.6 Å². The number of aromatic amines is 1. The standard InChI is InChI=1S/C16H19ClN4O2/c1-20(2)15-14(4-3-6-18-15)23-12-5-7-21(10-12)16(22)13-8-11(17)9-19-13/h3-4,6,8-9,12,19H,5,7,10H2,1-2H3/t12-/m1/s1. The molecule has 1 N–H and O–H groups in total. The monoisotopic (exact) mass is 334 g/mol. The number of hydrogen-bond acceptors (Lipinski definition) is 4. The Labute approximate surface area is 140 Å². The third-order valence-corrected chi connectivity index (χ3v) is 4.00. The molecule has 3 rings (SSSR count). The number of rotatable bonds is 4. The highest BCUT2D eigenvalue weighted by atomic mass is 35.5.